The number of nitrogens with zero attached hydrogens (tertiary/aromatic N) is 1. The summed E-state index contributed by atoms with van der Waals surface area (Å²) >= 11 is 0. The molecule has 0 saturated carbocycles. The lowest BCUT2D eigenvalue weighted by Crippen LogP contribution is -2.34. The number of benzene rings is 1. The number of carbonyl (C=O) groups excluding carboxylic acids is 1. The van der Waals surface area contributed by atoms with Crippen LogP contribution in [0.2, 0.25) is 0 Å². The molecule has 1 rings (SSSR count). The van der Waals surface area contributed by atoms with E-state index < -0.39 is 4.92 Å². The summed E-state index contributed by atoms with van der Waals surface area (Å²) in [5.74, 6) is -0.189. The molecule has 0 aromatic heterocycles. The van der Waals surface area contributed by atoms with Gasteiger partial charge in [-0.25, -0.2) is 0 Å². The van der Waals surface area contributed by atoms with E-state index in [1.54, 1.807) is 12.1 Å². The van der Waals surface area contributed by atoms with E-state index in [0.717, 1.165) is 12.1 Å². The van der Waals surface area contributed by atoms with E-state index in [2.05, 4.69) is 10.6 Å². The lowest BCUT2D eigenvalue weighted by atomic mass is 10.1. The van der Waals surface area contributed by atoms with Gasteiger partial charge < -0.3 is 10.6 Å². The Morgan fingerprint density at radius 1 is 1.47 bits per heavy atom. The fourth-order valence-electron chi connectivity index (χ4n) is 1.60. The first-order valence-electron chi connectivity index (χ1n) is 6.26. The van der Waals surface area contributed by atoms with Crippen LogP contribution in [0.3, 0.4) is 0 Å². The van der Waals surface area contributed by atoms with Crippen molar-refractivity contribution in [3.8, 4) is 0 Å². The molecule has 6 nitrogen and oxygen atoms in total. The van der Waals surface area contributed by atoms with Crippen molar-refractivity contribution in [3.05, 3.63) is 39.9 Å². The van der Waals surface area contributed by atoms with Crippen LogP contribution in [-0.4, -0.2) is 23.9 Å². The van der Waals surface area contributed by atoms with Crippen molar-refractivity contribution in [2.45, 2.75) is 20.4 Å². The van der Waals surface area contributed by atoms with E-state index in [4.69, 9.17) is 0 Å². The van der Waals surface area contributed by atoms with Gasteiger partial charge in [0, 0.05) is 31.1 Å². The number of non-ortho nitro benzene ring substituents is 1. The number of nitrogens with one attached hydrogen (secondary N) is 2. The second kappa shape index (κ2) is 7.48. The first kappa shape index (κ1) is 15.1. The quantitative estimate of drug-likeness (QED) is 0.577. The topological polar surface area (TPSA) is 84.3 Å². The van der Waals surface area contributed by atoms with Crippen molar-refractivity contribution < 1.29 is 9.72 Å². The second-order valence-electron chi connectivity index (χ2n) is 4.35. The normalized spacial score (nSPS) is 11.9. The molecule has 6 heteroatoms. The first-order valence-corrected chi connectivity index (χ1v) is 6.26. The van der Waals surface area contributed by atoms with Gasteiger partial charge in [-0.15, -0.1) is 0 Å². The molecule has 1 aromatic carbocycles. The summed E-state index contributed by atoms with van der Waals surface area (Å²) in [7, 11) is 0. The largest absolute Gasteiger partial charge is 0.352 e. The van der Waals surface area contributed by atoms with Gasteiger partial charge in [0.05, 0.1) is 4.92 Å². The smallest absolute Gasteiger partial charge is 0.269 e. The molecule has 1 aromatic rings. The predicted molar refractivity (Wildman–Crippen MR) is 72.7 cm³/mol. The monoisotopic (exact) mass is 265 g/mol. The molecule has 0 fully saturated rings. The van der Waals surface area contributed by atoms with Crippen LogP contribution in [0.15, 0.2) is 24.3 Å². The molecule has 0 aliphatic rings. The first-order chi connectivity index (χ1) is 9.04. The molecule has 0 heterocycles. The van der Waals surface area contributed by atoms with E-state index in [9.17, 15) is 14.9 Å². The Hall–Kier alpha value is -1.95. The fourth-order valence-corrected chi connectivity index (χ4v) is 1.60. The van der Waals surface area contributed by atoms with Crippen LogP contribution < -0.4 is 10.6 Å². The summed E-state index contributed by atoms with van der Waals surface area (Å²) in [6.45, 7) is 5.57. The third-order valence-electron chi connectivity index (χ3n) is 2.74. The maximum absolute atomic E-state index is 11.8. The lowest BCUT2D eigenvalue weighted by molar-refractivity contribution is -0.384. The number of amides is 1. The van der Waals surface area contributed by atoms with E-state index in [0.29, 0.717) is 13.1 Å². The van der Waals surface area contributed by atoms with Crippen LogP contribution in [0.1, 0.15) is 19.4 Å². The van der Waals surface area contributed by atoms with Crippen LogP contribution in [0.25, 0.3) is 0 Å². The van der Waals surface area contributed by atoms with Gasteiger partial charge >= 0.3 is 0 Å². The summed E-state index contributed by atoms with van der Waals surface area (Å²) in [4.78, 5) is 21.9. The van der Waals surface area contributed by atoms with Crippen molar-refractivity contribution in [2.75, 3.05) is 13.1 Å². The average Bonchev–Trinajstić information content (AvgIpc) is 2.42. The summed E-state index contributed by atoms with van der Waals surface area (Å²) in [6, 6.07) is 6.26. The Morgan fingerprint density at radius 3 is 2.84 bits per heavy atom. The maximum Gasteiger partial charge on any atom is 0.269 e. The number of carbonyl (C=O) groups is 1. The second-order valence-corrected chi connectivity index (χ2v) is 4.35. The van der Waals surface area contributed by atoms with Gasteiger partial charge in [-0.2, -0.15) is 0 Å². The van der Waals surface area contributed by atoms with Crippen molar-refractivity contribution in [2.24, 2.45) is 5.92 Å². The van der Waals surface area contributed by atoms with Gasteiger partial charge in [0.2, 0.25) is 5.91 Å². The average molecular weight is 265 g/mol. The Balaban J connectivity index is 2.50. The van der Waals surface area contributed by atoms with Gasteiger partial charge in [0.1, 0.15) is 0 Å². The highest BCUT2D eigenvalue weighted by molar-refractivity contribution is 5.78. The Labute approximate surface area is 112 Å². The number of rotatable bonds is 7. The molecule has 0 saturated heterocycles. The van der Waals surface area contributed by atoms with Gasteiger partial charge in [-0.3, -0.25) is 14.9 Å². The fraction of sp³-hybridized carbons (Fsp3) is 0.462. The minimum atomic E-state index is -0.445. The Morgan fingerprint density at radius 2 is 2.21 bits per heavy atom. The lowest BCUT2D eigenvalue weighted by Gasteiger charge is -2.12. The molecule has 0 aliphatic carbocycles. The van der Waals surface area contributed by atoms with Gasteiger partial charge in [-0.05, 0) is 12.1 Å². The molecule has 1 amide bonds. The van der Waals surface area contributed by atoms with E-state index in [1.165, 1.54) is 12.1 Å². The van der Waals surface area contributed by atoms with Crippen molar-refractivity contribution in [1.29, 1.82) is 0 Å². The molecular weight excluding hydrogens is 246 g/mol. The van der Waals surface area contributed by atoms with E-state index >= 15 is 0 Å². The standard InChI is InChI=1S/C13H19N3O3/c1-3-14-8-10(2)13(17)15-9-11-5-4-6-12(7-11)16(18)19/h4-7,10,14H,3,8-9H2,1-2H3,(H,15,17). The Bertz CT molecular complexity index is 449. The van der Waals surface area contributed by atoms with E-state index in [-0.39, 0.29) is 17.5 Å². The van der Waals surface area contributed by atoms with Crippen molar-refractivity contribution in [3.63, 3.8) is 0 Å². The molecule has 2 N–H and O–H groups in total. The summed E-state index contributed by atoms with van der Waals surface area (Å²) < 4.78 is 0. The third-order valence-corrected chi connectivity index (χ3v) is 2.74. The van der Waals surface area contributed by atoms with Crippen LogP contribution >= 0.6 is 0 Å². The minimum Gasteiger partial charge on any atom is -0.352 e. The number of nitro benzene ring substituents is 1. The van der Waals surface area contributed by atoms with Crippen LogP contribution in [0.5, 0.6) is 0 Å². The molecule has 1 unspecified atom stereocenters. The molecule has 0 spiro atoms. The van der Waals surface area contributed by atoms with Crippen LogP contribution in [0.4, 0.5) is 5.69 Å². The molecule has 0 radical (unpaired) electrons. The van der Waals surface area contributed by atoms with Crippen LogP contribution in [-0.2, 0) is 11.3 Å². The molecule has 0 aliphatic heterocycles. The van der Waals surface area contributed by atoms with Gasteiger partial charge in [0.15, 0.2) is 0 Å². The minimum absolute atomic E-state index is 0.0347. The zero-order chi connectivity index (χ0) is 14.3. The SMILES string of the molecule is CCNCC(C)C(=O)NCc1cccc([N+](=O)[O-])c1. The zero-order valence-electron chi connectivity index (χ0n) is 11.2. The zero-order valence-corrected chi connectivity index (χ0v) is 11.2. The number of nitro groups is 1. The highest BCUT2D eigenvalue weighted by atomic mass is 16.6. The molecule has 19 heavy (non-hydrogen) atoms. The molecular formula is C13H19N3O3. The van der Waals surface area contributed by atoms with Gasteiger partial charge in [0.25, 0.3) is 5.69 Å². The summed E-state index contributed by atoms with van der Waals surface area (Å²) in [5.41, 5.74) is 0.755. The molecule has 104 valence electrons. The highest BCUT2D eigenvalue weighted by Gasteiger charge is 2.12. The number of hydrogen-bond acceptors (Lipinski definition) is 4. The highest BCUT2D eigenvalue weighted by Crippen LogP contribution is 2.12. The molecule has 0 bridgehead atoms. The van der Waals surface area contributed by atoms with Crippen molar-refractivity contribution >= 4 is 11.6 Å². The molecule has 1 atom stereocenters. The van der Waals surface area contributed by atoms with E-state index in [1.807, 2.05) is 13.8 Å². The predicted octanol–water partition coefficient (Wildman–Crippen LogP) is 1.46. The van der Waals surface area contributed by atoms with Crippen LogP contribution in [0, 0.1) is 16.0 Å². The van der Waals surface area contributed by atoms with Crippen molar-refractivity contribution in [1.82, 2.24) is 10.6 Å². The number of hydrogen-bond donors (Lipinski definition) is 2. The van der Waals surface area contributed by atoms with Gasteiger partial charge in [-0.1, -0.05) is 26.0 Å². The Kier molecular flexibility index (Phi) is 5.95. The third kappa shape index (κ3) is 5.05. The maximum atomic E-state index is 11.8. The summed E-state index contributed by atoms with van der Waals surface area (Å²) in [5, 5.41) is 16.5. The summed E-state index contributed by atoms with van der Waals surface area (Å²) in [6.07, 6.45) is 0.